The Morgan fingerprint density at radius 3 is 2.07 bits per heavy atom. The van der Waals surface area contributed by atoms with Crippen molar-refractivity contribution in [3.63, 3.8) is 0 Å². The van der Waals surface area contributed by atoms with Gasteiger partial charge in [0.2, 0.25) is 0 Å². The number of aromatic hydroxyl groups is 1. The van der Waals surface area contributed by atoms with Crippen LogP contribution in [0.1, 0.15) is 116 Å². The number of rotatable bonds is 12. The van der Waals surface area contributed by atoms with Crippen LogP contribution in [0.25, 0.3) is 0 Å². The Labute approximate surface area is 179 Å². The standard InChI is InChI=1S/C26H44O3/c1-19(2)15-13-11-9-8-10-12-14-16-29-25(28)21(4)22-17-20(3)24(27)23(18-22)26(5,6)7/h17-19,21,27H,8-16H2,1-7H3. The van der Waals surface area contributed by atoms with Crippen molar-refractivity contribution in [3.8, 4) is 5.75 Å². The van der Waals surface area contributed by atoms with Gasteiger partial charge in [0.15, 0.2) is 0 Å². The predicted octanol–water partition coefficient (Wildman–Crippen LogP) is 7.42. The molecule has 166 valence electrons. The molecule has 0 radical (unpaired) electrons. The maximum absolute atomic E-state index is 12.5. The second-order valence-electron chi connectivity index (χ2n) is 10.0. The third kappa shape index (κ3) is 9.23. The molecule has 0 saturated heterocycles. The number of esters is 1. The molecular weight excluding hydrogens is 360 g/mol. The number of benzene rings is 1. The average Bonchev–Trinajstić information content (AvgIpc) is 2.63. The van der Waals surface area contributed by atoms with Gasteiger partial charge in [-0.2, -0.15) is 0 Å². The number of phenols is 1. The Balaban J connectivity index is 2.36. The number of phenolic OH excluding ortho intramolecular Hbond substituents is 1. The van der Waals surface area contributed by atoms with Gasteiger partial charge in [-0.15, -0.1) is 0 Å². The lowest BCUT2D eigenvalue weighted by Gasteiger charge is -2.24. The highest BCUT2D eigenvalue weighted by atomic mass is 16.5. The van der Waals surface area contributed by atoms with E-state index in [0.717, 1.165) is 35.4 Å². The summed E-state index contributed by atoms with van der Waals surface area (Å²) in [6.07, 6.45) is 9.91. The Morgan fingerprint density at radius 1 is 0.966 bits per heavy atom. The van der Waals surface area contributed by atoms with Crippen LogP contribution in [0.15, 0.2) is 12.1 Å². The summed E-state index contributed by atoms with van der Waals surface area (Å²) in [5, 5.41) is 10.4. The molecule has 0 saturated carbocycles. The first-order valence-corrected chi connectivity index (χ1v) is 11.5. The van der Waals surface area contributed by atoms with Crippen LogP contribution in [0, 0.1) is 12.8 Å². The molecule has 0 aliphatic heterocycles. The summed E-state index contributed by atoms with van der Waals surface area (Å²) in [6.45, 7) is 15.0. The third-order valence-corrected chi connectivity index (χ3v) is 5.65. The fourth-order valence-corrected chi connectivity index (χ4v) is 3.60. The van der Waals surface area contributed by atoms with Crippen molar-refractivity contribution in [2.75, 3.05) is 6.61 Å². The maximum atomic E-state index is 12.5. The Morgan fingerprint density at radius 2 is 1.52 bits per heavy atom. The van der Waals surface area contributed by atoms with Crippen LogP contribution in [0.5, 0.6) is 5.75 Å². The first-order chi connectivity index (χ1) is 13.5. The van der Waals surface area contributed by atoms with Crippen molar-refractivity contribution in [2.24, 2.45) is 5.92 Å². The van der Waals surface area contributed by atoms with E-state index < -0.39 is 0 Å². The first kappa shape index (κ1) is 25.5. The molecule has 0 aliphatic carbocycles. The molecular formula is C26H44O3. The number of carbonyl (C=O) groups excluding carboxylic acids is 1. The van der Waals surface area contributed by atoms with Gasteiger partial charge in [0.1, 0.15) is 5.75 Å². The monoisotopic (exact) mass is 404 g/mol. The number of unbranched alkanes of at least 4 members (excludes halogenated alkanes) is 6. The molecule has 3 heteroatoms. The van der Waals surface area contributed by atoms with Crippen molar-refractivity contribution in [1.29, 1.82) is 0 Å². The smallest absolute Gasteiger partial charge is 0.313 e. The summed E-state index contributed by atoms with van der Waals surface area (Å²) in [6, 6.07) is 3.85. The molecule has 0 aliphatic rings. The van der Waals surface area contributed by atoms with E-state index in [9.17, 15) is 9.90 Å². The number of carbonyl (C=O) groups is 1. The molecule has 1 aromatic rings. The Kier molecular flexibility index (Phi) is 10.8. The molecule has 0 spiro atoms. The largest absolute Gasteiger partial charge is 0.507 e. The van der Waals surface area contributed by atoms with Crippen LogP contribution in [-0.2, 0) is 14.9 Å². The lowest BCUT2D eigenvalue weighted by atomic mass is 9.82. The van der Waals surface area contributed by atoms with Gasteiger partial charge in [-0.3, -0.25) is 4.79 Å². The van der Waals surface area contributed by atoms with Gasteiger partial charge in [-0.25, -0.2) is 0 Å². The van der Waals surface area contributed by atoms with Gasteiger partial charge in [0, 0.05) is 0 Å². The second-order valence-corrected chi connectivity index (χ2v) is 10.0. The molecule has 3 nitrogen and oxygen atoms in total. The number of hydrogen-bond donors (Lipinski definition) is 1. The van der Waals surface area contributed by atoms with E-state index in [1.165, 1.54) is 38.5 Å². The zero-order chi connectivity index (χ0) is 22.0. The van der Waals surface area contributed by atoms with Gasteiger partial charge in [0.25, 0.3) is 0 Å². The molecule has 0 fully saturated rings. The highest BCUT2D eigenvalue weighted by Crippen LogP contribution is 2.36. The molecule has 1 N–H and O–H groups in total. The van der Waals surface area contributed by atoms with E-state index in [4.69, 9.17) is 4.74 Å². The van der Waals surface area contributed by atoms with Crippen LogP contribution < -0.4 is 0 Å². The zero-order valence-corrected chi connectivity index (χ0v) is 19.9. The van der Waals surface area contributed by atoms with Crippen molar-refractivity contribution in [1.82, 2.24) is 0 Å². The van der Waals surface area contributed by atoms with E-state index in [0.29, 0.717) is 12.4 Å². The summed E-state index contributed by atoms with van der Waals surface area (Å²) in [5.74, 6) is 0.642. The number of aryl methyl sites for hydroxylation is 1. The van der Waals surface area contributed by atoms with E-state index in [-0.39, 0.29) is 17.3 Å². The Bertz CT molecular complexity index is 626. The molecule has 0 heterocycles. The van der Waals surface area contributed by atoms with Gasteiger partial charge in [-0.05, 0) is 48.3 Å². The molecule has 1 atom stereocenters. The Hall–Kier alpha value is -1.51. The summed E-state index contributed by atoms with van der Waals surface area (Å²) in [4.78, 5) is 12.5. The van der Waals surface area contributed by atoms with Crippen molar-refractivity contribution in [2.45, 2.75) is 111 Å². The molecule has 0 bridgehead atoms. The molecule has 0 aromatic heterocycles. The van der Waals surface area contributed by atoms with Crippen LogP contribution >= 0.6 is 0 Å². The van der Waals surface area contributed by atoms with Gasteiger partial charge >= 0.3 is 5.97 Å². The van der Waals surface area contributed by atoms with Gasteiger partial charge in [0.05, 0.1) is 12.5 Å². The molecule has 1 rings (SSSR count). The summed E-state index contributed by atoms with van der Waals surface area (Å²) in [5.41, 5.74) is 2.42. The summed E-state index contributed by atoms with van der Waals surface area (Å²) in [7, 11) is 0. The minimum absolute atomic E-state index is 0.177. The van der Waals surface area contributed by atoms with Crippen molar-refractivity contribution in [3.05, 3.63) is 28.8 Å². The van der Waals surface area contributed by atoms with Crippen LogP contribution in [-0.4, -0.2) is 17.7 Å². The molecule has 1 unspecified atom stereocenters. The average molecular weight is 405 g/mol. The van der Waals surface area contributed by atoms with Crippen LogP contribution in [0.4, 0.5) is 0 Å². The van der Waals surface area contributed by atoms with Crippen LogP contribution in [0.3, 0.4) is 0 Å². The van der Waals surface area contributed by atoms with Gasteiger partial charge < -0.3 is 9.84 Å². The van der Waals surface area contributed by atoms with Gasteiger partial charge in [-0.1, -0.05) is 91.7 Å². The minimum atomic E-state index is -0.323. The SMILES string of the molecule is Cc1cc(C(C)C(=O)OCCCCCCCCCC(C)C)cc(C(C)(C)C)c1O. The highest BCUT2D eigenvalue weighted by molar-refractivity contribution is 5.78. The summed E-state index contributed by atoms with van der Waals surface area (Å²) >= 11 is 0. The fourth-order valence-electron chi connectivity index (χ4n) is 3.60. The summed E-state index contributed by atoms with van der Waals surface area (Å²) < 4.78 is 5.52. The topological polar surface area (TPSA) is 46.5 Å². The van der Waals surface area contributed by atoms with Crippen molar-refractivity contribution < 1.29 is 14.6 Å². The highest BCUT2D eigenvalue weighted by Gasteiger charge is 2.24. The fraction of sp³-hybridized carbons (Fsp3) is 0.731. The number of ether oxygens (including phenoxy) is 1. The second kappa shape index (κ2) is 12.2. The molecule has 29 heavy (non-hydrogen) atoms. The van der Waals surface area contributed by atoms with E-state index in [2.05, 4.69) is 34.6 Å². The predicted molar refractivity (Wildman–Crippen MR) is 123 cm³/mol. The minimum Gasteiger partial charge on any atom is -0.507 e. The normalized spacial score (nSPS) is 13.0. The van der Waals surface area contributed by atoms with E-state index in [1.807, 2.05) is 26.0 Å². The molecule has 1 aromatic carbocycles. The third-order valence-electron chi connectivity index (χ3n) is 5.65. The lowest BCUT2D eigenvalue weighted by molar-refractivity contribution is -0.145. The van der Waals surface area contributed by atoms with E-state index >= 15 is 0 Å². The lowest BCUT2D eigenvalue weighted by Crippen LogP contribution is -2.17. The van der Waals surface area contributed by atoms with E-state index in [1.54, 1.807) is 0 Å². The first-order valence-electron chi connectivity index (χ1n) is 11.5. The zero-order valence-electron chi connectivity index (χ0n) is 19.9. The van der Waals surface area contributed by atoms with Crippen LogP contribution in [0.2, 0.25) is 0 Å². The maximum Gasteiger partial charge on any atom is 0.313 e. The molecule has 0 amide bonds. The van der Waals surface area contributed by atoms with Crippen molar-refractivity contribution >= 4 is 5.97 Å². The quantitative estimate of drug-likeness (QED) is 0.291. The number of hydrogen-bond acceptors (Lipinski definition) is 3.